The van der Waals surface area contributed by atoms with E-state index in [0.29, 0.717) is 6.61 Å². The van der Waals surface area contributed by atoms with Crippen LogP contribution in [-0.4, -0.2) is 13.4 Å². The zero-order chi connectivity index (χ0) is 22.0. The van der Waals surface area contributed by atoms with Crippen molar-refractivity contribution < 1.29 is 9.47 Å². The smallest absolute Gasteiger partial charge is 0.162 e. The van der Waals surface area contributed by atoms with Gasteiger partial charge in [-0.05, 0) is 71.8 Å². The molecule has 1 saturated carbocycles. The monoisotopic (exact) mass is 443 g/mol. The summed E-state index contributed by atoms with van der Waals surface area (Å²) in [5, 5.41) is 3.72. The number of rotatable bonds is 7. The lowest BCUT2D eigenvalue weighted by molar-refractivity contribution is 0.175. The molecule has 0 spiro atoms. The van der Waals surface area contributed by atoms with Gasteiger partial charge in [0.2, 0.25) is 0 Å². The Kier molecular flexibility index (Phi) is 5.88. The normalized spacial score (nSPS) is 18.2. The second-order valence-corrected chi connectivity index (χ2v) is 9.40. The molecule has 1 N–H and O–H groups in total. The third-order valence-electron chi connectivity index (χ3n) is 6.88. The fourth-order valence-electron chi connectivity index (χ4n) is 5.10. The first-order valence-corrected chi connectivity index (χ1v) is 12.4. The van der Waals surface area contributed by atoms with Crippen LogP contribution in [0.1, 0.15) is 47.6 Å². The van der Waals surface area contributed by atoms with Gasteiger partial charge in [0.15, 0.2) is 11.5 Å². The number of ether oxygens (including phenoxy) is 2. The van der Waals surface area contributed by atoms with Crippen molar-refractivity contribution in [1.82, 2.24) is 5.32 Å². The molecule has 164 valence electrons. The van der Waals surface area contributed by atoms with Gasteiger partial charge in [-0.15, -0.1) is 11.8 Å². The Morgan fingerprint density at radius 1 is 1.00 bits per heavy atom. The molecule has 4 heteroatoms. The maximum absolute atomic E-state index is 6.26. The van der Waals surface area contributed by atoms with Gasteiger partial charge in [-0.1, -0.05) is 55.0 Å². The van der Waals surface area contributed by atoms with Gasteiger partial charge in [0, 0.05) is 10.3 Å². The molecule has 0 amide bonds. The molecule has 1 aliphatic carbocycles. The predicted octanol–water partition coefficient (Wildman–Crippen LogP) is 6.73. The van der Waals surface area contributed by atoms with Gasteiger partial charge in [0.25, 0.3) is 0 Å². The second kappa shape index (κ2) is 8.95. The standard InChI is InChI=1S/C28H29NO2S/c1-30-24-17-21-13-16-29-27(22(21)18-25(24)31-19-20-9-4-3-5-10-20)28(14-8-15-28)23-11-6-7-12-26(23)32-2/h3-7,9-13,16-18,27,29H,8,14-15,19H2,1-2H3. The second-order valence-electron chi connectivity index (χ2n) is 8.55. The number of fused-ring (bicyclic) bond motifs is 1. The molecule has 0 radical (unpaired) electrons. The first-order valence-electron chi connectivity index (χ1n) is 11.2. The van der Waals surface area contributed by atoms with Crippen molar-refractivity contribution in [2.45, 2.75) is 42.2 Å². The lowest BCUT2D eigenvalue weighted by Crippen LogP contribution is -2.46. The summed E-state index contributed by atoms with van der Waals surface area (Å²) in [7, 11) is 1.71. The first-order chi connectivity index (χ1) is 15.7. The Morgan fingerprint density at radius 3 is 2.50 bits per heavy atom. The Bertz CT molecular complexity index is 1120. The molecule has 1 fully saturated rings. The number of benzene rings is 3. The summed E-state index contributed by atoms with van der Waals surface area (Å²) in [5.74, 6) is 1.57. The minimum atomic E-state index is 0.0877. The van der Waals surface area contributed by atoms with Crippen LogP contribution in [0.5, 0.6) is 11.5 Å². The molecule has 1 heterocycles. The summed E-state index contributed by atoms with van der Waals surface area (Å²) >= 11 is 1.84. The summed E-state index contributed by atoms with van der Waals surface area (Å²) in [6.45, 7) is 0.518. The van der Waals surface area contributed by atoms with Crippen molar-refractivity contribution in [2.75, 3.05) is 13.4 Å². The van der Waals surface area contributed by atoms with Crippen molar-refractivity contribution in [1.29, 1.82) is 0 Å². The number of nitrogens with one attached hydrogen (secondary N) is 1. The quantitative estimate of drug-likeness (QED) is 0.410. The van der Waals surface area contributed by atoms with Crippen LogP contribution >= 0.6 is 11.8 Å². The van der Waals surface area contributed by atoms with E-state index >= 15 is 0 Å². The zero-order valence-corrected chi connectivity index (χ0v) is 19.5. The third kappa shape index (κ3) is 3.67. The predicted molar refractivity (Wildman–Crippen MR) is 132 cm³/mol. The average molecular weight is 444 g/mol. The molecule has 0 saturated heterocycles. The van der Waals surface area contributed by atoms with E-state index in [2.05, 4.69) is 72.4 Å². The van der Waals surface area contributed by atoms with Crippen LogP contribution in [-0.2, 0) is 12.0 Å². The summed E-state index contributed by atoms with van der Waals surface area (Å²) < 4.78 is 12.0. The van der Waals surface area contributed by atoms with E-state index in [1.54, 1.807) is 7.11 Å². The Labute approximate surface area is 194 Å². The topological polar surface area (TPSA) is 30.5 Å². The summed E-state index contributed by atoms with van der Waals surface area (Å²) in [4.78, 5) is 1.37. The van der Waals surface area contributed by atoms with Crippen LogP contribution < -0.4 is 14.8 Å². The fourth-order valence-corrected chi connectivity index (χ4v) is 5.81. The molecule has 1 atom stereocenters. The van der Waals surface area contributed by atoms with Crippen LogP contribution in [0.4, 0.5) is 0 Å². The van der Waals surface area contributed by atoms with E-state index in [1.807, 2.05) is 30.0 Å². The molecule has 0 bridgehead atoms. The van der Waals surface area contributed by atoms with Crippen molar-refractivity contribution in [3.8, 4) is 11.5 Å². The van der Waals surface area contributed by atoms with Crippen LogP contribution in [0, 0.1) is 0 Å². The summed E-state index contributed by atoms with van der Waals surface area (Å²) in [5.41, 5.74) is 5.17. The summed E-state index contributed by atoms with van der Waals surface area (Å²) in [6.07, 6.45) is 10.0. The number of methoxy groups -OCH3 is 1. The van der Waals surface area contributed by atoms with Crippen LogP contribution in [0.15, 0.2) is 77.8 Å². The highest BCUT2D eigenvalue weighted by Crippen LogP contribution is 2.56. The highest BCUT2D eigenvalue weighted by atomic mass is 32.2. The highest BCUT2D eigenvalue weighted by molar-refractivity contribution is 7.98. The molecule has 3 aromatic carbocycles. The number of thioether (sulfide) groups is 1. The Hall–Kier alpha value is -2.85. The molecular formula is C28H29NO2S. The highest BCUT2D eigenvalue weighted by Gasteiger charge is 2.48. The van der Waals surface area contributed by atoms with E-state index in [0.717, 1.165) is 17.1 Å². The largest absolute Gasteiger partial charge is 0.493 e. The maximum atomic E-state index is 6.26. The Balaban J connectivity index is 1.54. The van der Waals surface area contributed by atoms with E-state index in [4.69, 9.17) is 9.47 Å². The summed E-state index contributed by atoms with van der Waals surface area (Å²) in [6, 6.07) is 23.7. The Morgan fingerprint density at radius 2 is 1.78 bits per heavy atom. The molecule has 2 aliphatic rings. The lowest BCUT2D eigenvalue weighted by Gasteiger charge is -2.50. The van der Waals surface area contributed by atoms with Crippen molar-refractivity contribution in [3.05, 3.63) is 95.2 Å². The molecule has 32 heavy (non-hydrogen) atoms. The number of hydrogen-bond acceptors (Lipinski definition) is 4. The van der Waals surface area contributed by atoms with Crippen LogP contribution in [0.2, 0.25) is 0 Å². The van der Waals surface area contributed by atoms with Gasteiger partial charge >= 0.3 is 0 Å². The number of hydrogen-bond donors (Lipinski definition) is 1. The van der Waals surface area contributed by atoms with E-state index in [-0.39, 0.29) is 11.5 Å². The molecule has 0 aromatic heterocycles. The lowest BCUT2D eigenvalue weighted by atomic mass is 9.58. The van der Waals surface area contributed by atoms with Crippen molar-refractivity contribution >= 4 is 17.8 Å². The third-order valence-corrected chi connectivity index (χ3v) is 7.68. The van der Waals surface area contributed by atoms with Crippen LogP contribution in [0.25, 0.3) is 6.08 Å². The average Bonchev–Trinajstić information content (AvgIpc) is 2.82. The maximum Gasteiger partial charge on any atom is 0.162 e. The zero-order valence-electron chi connectivity index (χ0n) is 18.6. The van der Waals surface area contributed by atoms with Gasteiger partial charge in [-0.25, -0.2) is 0 Å². The fraction of sp³-hybridized carbons (Fsp3) is 0.286. The van der Waals surface area contributed by atoms with Gasteiger partial charge in [-0.3, -0.25) is 0 Å². The first kappa shape index (κ1) is 21.0. The van der Waals surface area contributed by atoms with Gasteiger partial charge in [0.05, 0.1) is 13.2 Å². The minimum Gasteiger partial charge on any atom is -0.493 e. The van der Waals surface area contributed by atoms with Gasteiger partial charge in [0.1, 0.15) is 6.61 Å². The molecule has 3 aromatic rings. The van der Waals surface area contributed by atoms with Gasteiger partial charge < -0.3 is 14.8 Å². The van der Waals surface area contributed by atoms with Gasteiger partial charge in [-0.2, -0.15) is 0 Å². The van der Waals surface area contributed by atoms with E-state index in [9.17, 15) is 0 Å². The SMILES string of the molecule is COc1cc2c(cc1OCc1ccccc1)C(C1(c3ccccc3SC)CCC1)NC=C2. The molecule has 3 nitrogen and oxygen atoms in total. The van der Waals surface area contributed by atoms with E-state index < -0.39 is 0 Å². The van der Waals surface area contributed by atoms with Crippen molar-refractivity contribution in [3.63, 3.8) is 0 Å². The minimum absolute atomic E-state index is 0.0877. The molecule has 5 rings (SSSR count). The molecule has 1 aliphatic heterocycles. The molecule has 1 unspecified atom stereocenters. The molecular weight excluding hydrogens is 414 g/mol. The van der Waals surface area contributed by atoms with Crippen LogP contribution in [0.3, 0.4) is 0 Å². The van der Waals surface area contributed by atoms with E-state index in [1.165, 1.54) is 40.8 Å². The van der Waals surface area contributed by atoms with Crippen molar-refractivity contribution in [2.24, 2.45) is 0 Å².